The molecule has 4 heteroatoms. The lowest BCUT2D eigenvalue weighted by atomic mass is 10.0. The van der Waals surface area contributed by atoms with Crippen molar-refractivity contribution in [2.24, 2.45) is 0 Å². The summed E-state index contributed by atoms with van der Waals surface area (Å²) in [6.07, 6.45) is 1.85. The molecule has 2 N–H and O–H groups in total. The number of aromatic nitrogens is 1. The van der Waals surface area contributed by atoms with Gasteiger partial charge in [-0.15, -0.1) is 0 Å². The summed E-state index contributed by atoms with van der Waals surface area (Å²) < 4.78 is 0. The third-order valence-electron chi connectivity index (χ3n) is 3.56. The molecule has 0 saturated carbocycles. The van der Waals surface area contributed by atoms with Gasteiger partial charge < -0.3 is 10.6 Å². The first-order valence-electron chi connectivity index (χ1n) is 6.75. The van der Waals surface area contributed by atoms with Crippen LogP contribution in [0.3, 0.4) is 0 Å². The molecule has 1 aromatic rings. The first kappa shape index (κ1) is 13.5. The quantitative estimate of drug-likeness (QED) is 0.811. The highest BCUT2D eigenvalue weighted by Crippen LogP contribution is 2.13. The molecular formula is C14H24N4. The van der Waals surface area contributed by atoms with Crippen LogP contribution in [0.25, 0.3) is 0 Å². The molecular weight excluding hydrogens is 224 g/mol. The van der Waals surface area contributed by atoms with Crippen LogP contribution >= 0.6 is 0 Å². The Morgan fingerprint density at radius 1 is 1.33 bits per heavy atom. The monoisotopic (exact) mass is 248 g/mol. The molecule has 0 aliphatic carbocycles. The Morgan fingerprint density at radius 2 is 2.11 bits per heavy atom. The number of nitrogens with one attached hydrogen (secondary N) is 2. The van der Waals surface area contributed by atoms with Gasteiger partial charge in [0.05, 0.1) is 5.69 Å². The number of pyridine rings is 1. The zero-order chi connectivity index (χ0) is 12.8. The van der Waals surface area contributed by atoms with Gasteiger partial charge in [0, 0.05) is 51.0 Å². The maximum Gasteiger partial charge on any atom is 0.0541 e. The number of hydrogen-bond acceptors (Lipinski definition) is 4. The van der Waals surface area contributed by atoms with E-state index in [1.54, 1.807) is 0 Å². The van der Waals surface area contributed by atoms with Gasteiger partial charge in [0.2, 0.25) is 0 Å². The zero-order valence-electron chi connectivity index (χ0n) is 11.4. The molecule has 0 radical (unpaired) electrons. The summed E-state index contributed by atoms with van der Waals surface area (Å²) in [6, 6.07) is 6.05. The van der Waals surface area contributed by atoms with E-state index in [4.69, 9.17) is 0 Å². The molecule has 0 amide bonds. The van der Waals surface area contributed by atoms with Crippen LogP contribution in [0.2, 0.25) is 0 Å². The second kappa shape index (κ2) is 6.27. The van der Waals surface area contributed by atoms with Gasteiger partial charge in [-0.2, -0.15) is 0 Å². The van der Waals surface area contributed by atoms with Gasteiger partial charge in [0.1, 0.15) is 0 Å². The fraction of sp³-hybridized carbons (Fsp3) is 0.643. The van der Waals surface area contributed by atoms with E-state index in [2.05, 4.69) is 40.4 Å². The van der Waals surface area contributed by atoms with Gasteiger partial charge >= 0.3 is 0 Å². The van der Waals surface area contributed by atoms with Crippen molar-refractivity contribution in [2.45, 2.75) is 25.9 Å². The van der Waals surface area contributed by atoms with Gasteiger partial charge in [-0.3, -0.25) is 9.88 Å². The van der Waals surface area contributed by atoms with E-state index in [1.807, 2.05) is 18.3 Å². The van der Waals surface area contributed by atoms with E-state index in [9.17, 15) is 0 Å². The predicted octanol–water partition coefficient (Wildman–Crippen LogP) is 0.855. The summed E-state index contributed by atoms with van der Waals surface area (Å²) in [7, 11) is 0. The average Bonchev–Trinajstić information content (AvgIpc) is 2.41. The minimum atomic E-state index is 0.205. The molecule has 0 unspecified atom stereocenters. The van der Waals surface area contributed by atoms with Crippen molar-refractivity contribution in [1.82, 2.24) is 20.5 Å². The number of hydrogen-bond donors (Lipinski definition) is 2. The van der Waals surface area contributed by atoms with E-state index in [0.717, 1.165) is 45.0 Å². The summed E-state index contributed by atoms with van der Waals surface area (Å²) in [5, 5.41) is 6.91. The molecule has 0 bridgehead atoms. The van der Waals surface area contributed by atoms with Crippen molar-refractivity contribution in [3.63, 3.8) is 0 Å². The summed E-state index contributed by atoms with van der Waals surface area (Å²) in [4.78, 5) is 6.88. The van der Waals surface area contributed by atoms with Crippen LogP contribution in [-0.4, -0.2) is 48.1 Å². The van der Waals surface area contributed by atoms with E-state index in [-0.39, 0.29) is 5.54 Å². The minimum absolute atomic E-state index is 0.205. The molecule has 18 heavy (non-hydrogen) atoms. The van der Waals surface area contributed by atoms with Crippen LogP contribution in [0.5, 0.6) is 0 Å². The third-order valence-corrected chi connectivity index (χ3v) is 3.56. The SMILES string of the molecule is CC(C)(CNCc1ccccn1)N1CCNCC1. The number of piperazine rings is 1. The summed E-state index contributed by atoms with van der Waals surface area (Å²) >= 11 is 0. The van der Waals surface area contributed by atoms with E-state index >= 15 is 0 Å². The molecule has 1 aromatic heterocycles. The topological polar surface area (TPSA) is 40.2 Å². The normalized spacial score (nSPS) is 17.9. The number of nitrogens with zero attached hydrogens (tertiary/aromatic N) is 2. The van der Waals surface area contributed by atoms with Crippen LogP contribution in [-0.2, 0) is 6.54 Å². The van der Waals surface area contributed by atoms with Crippen molar-refractivity contribution in [3.05, 3.63) is 30.1 Å². The summed E-state index contributed by atoms with van der Waals surface area (Å²) in [5.41, 5.74) is 1.31. The second-order valence-corrected chi connectivity index (χ2v) is 5.47. The highest BCUT2D eigenvalue weighted by molar-refractivity contribution is 5.03. The first-order chi connectivity index (χ1) is 8.68. The van der Waals surface area contributed by atoms with Crippen molar-refractivity contribution in [2.75, 3.05) is 32.7 Å². The van der Waals surface area contributed by atoms with E-state index in [1.165, 1.54) is 0 Å². The van der Waals surface area contributed by atoms with Crippen LogP contribution in [0.15, 0.2) is 24.4 Å². The highest BCUT2D eigenvalue weighted by Gasteiger charge is 2.27. The molecule has 1 aliphatic rings. The minimum Gasteiger partial charge on any atom is -0.314 e. The third kappa shape index (κ3) is 3.77. The molecule has 0 spiro atoms. The Balaban J connectivity index is 1.77. The molecule has 0 atom stereocenters. The van der Waals surface area contributed by atoms with E-state index in [0.29, 0.717) is 0 Å². The van der Waals surface area contributed by atoms with Gasteiger partial charge in [-0.1, -0.05) is 6.07 Å². The lowest BCUT2D eigenvalue weighted by Gasteiger charge is -2.41. The number of rotatable bonds is 5. The lowest BCUT2D eigenvalue weighted by molar-refractivity contribution is 0.102. The van der Waals surface area contributed by atoms with Crippen LogP contribution < -0.4 is 10.6 Å². The Labute approximate surface area is 110 Å². The maximum absolute atomic E-state index is 4.32. The van der Waals surface area contributed by atoms with Crippen LogP contribution in [0.4, 0.5) is 0 Å². The van der Waals surface area contributed by atoms with Gasteiger partial charge in [-0.05, 0) is 26.0 Å². The van der Waals surface area contributed by atoms with Crippen LogP contribution in [0.1, 0.15) is 19.5 Å². The Kier molecular flexibility index (Phi) is 4.69. The Hall–Kier alpha value is -0.970. The summed E-state index contributed by atoms with van der Waals surface area (Å²) in [5.74, 6) is 0. The smallest absolute Gasteiger partial charge is 0.0541 e. The Morgan fingerprint density at radius 3 is 2.78 bits per heavy atom. The van der Waals surface area contributed by atoms with Crippen molar-refractivity contribution in [3.8, 4) is 0 Å². The average molecular weight is 248 g/mol. The van der Waals surface area contributed by atoms with Crippen molar-refractivity contribution < 1.29 is 0 Å². The largest absolute Gasteiger partial charge is 0.314 e. The molecule has 1 saturated heterocycles. The van der Waals surface area contributed by atoms with Gasteiger partial charge in [0.25, 0.3) is 0 Å². The molecule has 0 aromatic carbocycles. The van der Waals surface area contributed by atoms with Crippen molar-refractivity contribution in [1.29, 1.82) is 0 Å². The Bertz CT molecular complexity index is 344. The standard InChI is InChI=1S/C14H24N4/c1-14(2,18-9-7-15-8-10-18)12-16-11-13-5-3-4-6-17-13/h3-6,15-16H,7-12H2,1-2H3. The fourth-order valence-electron chi connectivity index (χ4n) is 2.38. The van der Waals surface area contributed by atoms with E-state index < -0.39 is 0 Å². The highest BCUT2D eigenvalue weighted by atomic mass is 15.2. The molecule has 1 aliphatic heterocycles. The first-order valence-corrected chi connectivity index (χ1v) is 6.75. The summed E-state index contributed by atoms with van der Waals surface area (Å²) in [6.45, 7) is 10.9. The maximum atomic E-state index is 4.32. The van der Waals surface area contributed by atoms with Gasteiger partial charge in [-0.25, -0.2) is 0 Å². The fourth-order valence-corrected chi connectivity index (χ4v) is 2.38. The molecule has 2 heterocycles. The molecule has 1 fully saturated rings. The predicted molar refractivity (Wildman–Crippen MR) is 74.5 cm³/mol. The second-order valence-electron chi connectivity index (χ2n) is 5.47. The zero-order valence-corrected chi connectivity index (χ0v) is 11.4. The lowest BCUT2D eigenvalue weighted by Crippen LogP contribution is -2.57. The molecule has 100 valence electrons. The van der Waals surface area contributed by atoms with Gasteiger partial charge in [0.15, 0.2) is 0 Å². The molecule has 2 rings (SSSR count). The van der Waals surface area contributed by atoms with Crippen LogP contribution in [0, 0.1) is 0 Å². The molecule has 4 nitrogen and oxygen atoms in total. The van der Waals surface area contributed by atoms with Crippen molar-refractivity contribution >= 4 is 0 Å².